The number of halogens is 3. The zero-order chi connectivity index (χ0) is 14.2. The molecular weight excluding hydrogens is 324 g/mol. The molecule has 0 saturated carbocycles. The molecule has 4 nitrogen and oxygen atoms in total. The standard InChI is InChI=1S/C12H10BrF2NO3/c1-19-12(18)6-2-10(17)16(5-6)7-3-8(14)11(13)9(15)4-7/h3-4,6H,2,5H2,1H3. The molecule has 0 bridgehead atoms. The summed E-state index contributed by atoms with van der Waals surface area (Å²) in [7, 11) is 1.23. The van der Waals surface area contributed by atoms with E-state index in [1.807, 2.05) is 0 Å². The Balaban J connectivity index is 2.28. The van der Waals surface area contributed by atoms with E-state index >= 15 is 0 Å². The fraction of sp³-hybridized carbons (Fsp3) is 0.333. The third kappa shape index (κ3) is 2.60. The minimum Gasteiger partial charge on any atom is -0.469 e. The van der Waals surface area contributed by atoms with Crippen molar-refractivity contribution in [2.45, 2.75) is 6.42 Å². The minimum absolute atomic E-state index is 0.0218. The number of nitrogens with zero attached hydrogens (tertiary/aromatic N) is 1. The largest absolute Gasteiger partial charge is 0.469 e. The van der Waals surface area contributed by atoms with Crippen LogP contribution in [0.1, 0.15) is 6.42 Å². The Labute approximate surface area is 116 Å². The summed E-state index contributed by atoms with van der Waals surface area (Å²) < 4.78 is 31.1. The van der Waals surface area contributed by atoms with Crippen molar-refractivity contribution in [2.24, 2.45) is 5.92 Å². The molecule has 1 heterocycles. The number of ether oxygens (including phenoxy) is 1. The number of hydrogen-bond acceptors (Lipinski definition) is 3. The lowest BCUT2D eigenvalue weighted by molar-refractivity contribution is -0.145. The summed E-state index contributed by atoms with van der Waals surface area (Å²) in [4.78, 5) is 24.3. The Morgan fingerprint density at radius 1 is 1.42 bits per heavy atom. The second-order valence-corrected chi connectivity index (χ2v) is 4.94. The first-order chi connectivity index (χ1) is 8.93. The van der Waals surface area contributed by atoms with E-state index in [-0.39, 0.29) is 29.0 Å². The molecule has 2 rings (SSSR count). The fourth-order valence-electron chi connectivity index (χ4n) is 1.98. The lowest BCUT2D eigenvalue weighted by Gasteiger charge is -2.17. The van der Waals surface area contributed by atoms with Gasteiger partial charge in [-0.3, -0.25) is 9.59 Å². The van der Waals surface area contributed by atoms with Gasteiger partial charge in [0, 0.05) is 18.7 Å². The molecule has 1 amide bonds. The van der Waals surface area contributed by atoms with Crippen LogP contribution in [0.3, 0.4) is 0 Å². The van der Waals surface area contributed by atoms with Gasteiger partial charge in [-0.2, -0.15) is 0 Å². The van der Waals surface area contributed by atoms with Crippen LogP contribution in [0.25, 0.3) is 0 Å². The van der Waals surface area contributed by atoms with Crippen molar-refractivity contribution in [2.75, 3.05) is 18.6 Å². The summed E-state index contributed by atoms with van der Waals surface area (Å²) in [6.45, 7) is 0.0615. The number of rotatable bonds is 2. The molecule has 102 valence electrons. The van der Waals surface area contributed by atoms with Gasteiger partial charge in [0.1, 0.15) is 11.6 Å². The molecule has 1 aromatic rings. The van der Waals surface area contributed by atoms with E-state index in [2.05, 4.69) is 20.7 Å². The van der Waals surface area contributed by atoms with Gasteiger partial charge in [0.2, 0.25) is 5.91 Å². The number of carbonyl (C=O) groups is 2. The summed E-state index contributed by atoms with van der Waals surface area (Å²) in [5.41, 5.74) is 0.0922. The van der Waals surface area contributed by atoms with E-state index in [1.54, 1.807) is 0 Å². The van der Waals surface area contributed by atoms with Crippen LogP contribution in [-0.4, -0.2) is 25.5 Å². The van der Waals surface area contributed by atoms with Gasteiger partial charge < -0.3 is 9.64 Å². The Hall–Kier alpha value is -1.50. The highest BCUT2D eigenvalue weighted by Crippen LogP contribution is 2.30. The van der Waals surface area contributed by atoms with E-state index in [4.69, 9.17) is 0 Å². The SMILES string of the molecule is COC(=O)C1CC(=O)N(c2cc(F)c(Br)c(F)c2)C1. The maximum atomic E-state index is 13.4. The van der Waals surface area contributed by atoms with Crippen LogP contribution in [0.2, 0.25) is 0 Å². The third-order valence-corrected chi connectivity index (χ3v) is 3.70. The molecule has 1 fully saturated rings. The molecule has 1 aromatic carbocycles. The van der Waals surface area contributed by atoms with Crippen LogP contribution < -0.4 is 4.90 Å². The summed E-state index contributed by atoms with van der Waals surface area (Å²) in [6.07, 6.45) is -0.0218. The summed E-state index contributed by atoms with van der Waals surface area (Å²) >= 11 is 2.76. The van der Waals surface area contributed by atoms with Gasteiger partial charge in [0.25, 0.3) is 0 Å². The lowest BCUT2D eigenvalue weighted by atomic mass is 10.1. The first-order valence-corrected chi connectivity index (χ1v) is 6.26. The number of hydrogen-bond donors (Lipinski definition) is 0. The average Bonchev–Trinajstić information content (AvgIpc) is 2.76. The van der Waals surface area contributed by atoms with Crippen LogP contribution >= 0.6 is 15.9 Å². The highest BCUT2D eigenvalue weighted by atomic mass is 79.9. The van der Waals surface area contributed by atoms with E-state index in [1.165, 1.54) is 12.0 Å². The van der Waals surface area contributed by atoms with Crippen LogP contribution in [0.4, 0.5) is 14.5 Å². The quantitative estimate of drug-likeness (QED) is 0.616. The van der Waals surface area contributed by atoms with Crippen LogP contribution in [0.5, 0.6) is 0 Å². The minimum atomic E-state index is -0.802. The van der Waals surface area contributed by atoms with Gasteiger partial charge in [0.05, 0.1) is 17.5 Å². The van der Waals surface area contributed by atoms with Crippen LogP contribution in [0, 0.1) is 17.6 Å². The summed E-state index contributed by atoms with van der Waals surface area (Å²) in [5, 5.41) is 0. The van der Waals surface area contributed by atoms with E-state index in [0.717, 1.165) is 12.1 Å². The lowest BCUT2D eigenvalue weighted by Crippen LogP contribution is -2.26. The molecule has 0 aliphatic carbocycles. The van der Waals surface area contributed by atoms with E-state index < -0.39 is 23.5 Å². The Bertz CT molecular complexity index is 527. The molecule has 1 unspecified atom stereocenters. The fourth-order valence-corrected chi connectivity index (χ4v) is 2.21. The Morgan fingerprint density at radius 2 is 2.00 bits per heavy atom. The predicted octanol–water partition coefficient (Wildman–Crippen LogP) is 2.25. The third-order valence-electron chi connectivity index (χ3n) is 2.94. The Morgan fingerprint density at radius 3 is 2.53 bits per heavy atom. The number of methoxy groups -OCH3 is 1. The van der Waals surface area contributed by atoms with Gasteiger partial charge >= 0.3 is 5.97 Å². The maximum absolute atomic E-state index is 13.4. The monoisotopic (exact) mass is 333 g/mol. The number of anilines is 1. The molecule has 19 heavy (non-hydrogen) atoms. The molecule has 1 aliphatic rings. The predicted molar refractivity (Wildman–Crippen MR) is 66.5 cm³/mol. The highest BCUT2D eigenvalue weighted by Gasteiger charge is 2.36. The van der Waals surface area contributed by atoms with Crippen molar-refractivity contribution in [1.82, 2.24) is 0 Å². The second-order valence-electron chi connectivity index (χ2n) is 4.15. The van der Waals surface area contributed by atoms with Crippen molar-refractivity contribution in [3.63, 3.8) is 0 Å². The molecule has 1 aliphatic heterocycles. The molecule has 0 aromatic heterocycles. The first kappa shape index (κ1) is 13.9. The topological polar surface area (TPSA) is 46.6 Å². The van der Waals surface area contributed by atoms with Crippen molar-refractivity contribution < 1.29 is 23.1 Å². The van der Waals surface area contributed by atoms with Gasteiger partial charge in [-0.05, 0) is 28.1 Å². The van der Waals surface area contributed by atoms with Gasteiger partial charge in [-0.1, -0.05) is 0 Å². The zero-order valence-corrected chi connectivity index (χ0v) is 11.5. The van der Waals surface area contributed by atoms with Crippen LogP contribution in [-0.2, 0) is 14.3 Å². The van der Waals surface area contributed by atoms with Gasteiger partial charge in [-0.15, -0.1) is 0 Å². The molecule has 0 N–H and O–H groups in total. The van der Waals surface area contributed by atoms with E-state index in [0.29, 0.717) is 0 Å². The average molecular weight is 334 g/mol. The molecular formula is C12H10BrF2NO3. The van der Waals surface area contributed by atoms with Crippen molar-refractivity contribution in [1.29, 1.82) is 0 Å². The zero-order valence-electron chi connectivity index (χ0n) is 9.95. The number of esters is 1. The van der Waals surface area contributed by atoms with Gasteiger partial charge in [0.15, 0.2) is 0 Å². The van der Waals surface area contributed by atoms with Crippen molar-refractivity contribution in [3.05, 3.63) is 28.2 Å². The van der Waals surface area contributed by atoms with Gasteiger partial charge in [-0.25, -0.2) is 8.78 Å². The normalized spacial score (nSPS) is 18.8. The maximum Gasteiger partial charge on any atom is 0.311 e. The Kier molecular flexibility index (Phi) is 3.84. The number of carbonyl (C=O) groups excluding carboxylic acids is 2. The van der Waals surface area contributed by atoms with Crippen LogP contribution in [0.15, 0.2) is 16.6 Å². The van der Waals surface area contributed by atoms with Crippen molar-refractivity contribution >= 4 is 33.5 Å². The summed E-state index contributed by atoms with van der Waals surface area (Å²) in [5.74, 6) is -3.08. The highest BCUT2D eigenvalue weighted by molar-refractivity contribution is 9.10. The molecule has 7 heteroatoms. The van der Waals surface area contributed by atoms with Crippen molar-refractivity contribution in [3.8, 4) is 0 Å². The molecule has 0 spiro atoms. The summed E-state index contributed by atoms with van der Waals surface area (Å²) in [6, 6.07) is 2.09. The molecule has 1 atom stereocenters. The first-order valence-electron chi connectivity index (χ1n) is 5.46. The molecule has 0 radical (unpaired) electrons. The second kappa shape index (κ2) is 5.24. The van der Waals surface area contributed by atoms with E-state index in [9.17, 15) is 18.4 Å². The number of amides is 1. The number of benzene rings is 1. The molecule has 1 saturated heterocycles. The smallest absolute Gasteiger partial charge is 0.311 e.